The molecule has 1 aromatic carbocycles. The first-order chi connectivity index (χ1) is 17.2. The van der Waals surface area contributed by atoms with Gasteiger partial charge in [0.2, 0.25) is 5.43 Å². The van der Waals surface area contributed by atoms with Gasteiger partial charge in [0.25, 0.3) is 0 Å². The first-order valence-corrected chi connectivity index (χ1v) is 11.8. The quantitative estimate of drug-likeness (QED) is 0.436. The lowest BCUT2D eigenvalue weighted by Gasteiger charge is -2.27. The number of carboxylic acid groups (broad SMARTS) is 1. The number of nitrogens with zero attached hydrogens (tertiary/aromatic N) is 2. The van der Waals surface area contributed by atoms with Crippen molar-refractivity contribution >= 4 is 22.7 Å². The SMILES string of the molecule is CNC(C)C(=O)C1NCCn2cc(-c3ccc4c(=O)c(C(=O)O)cn(C5CC5)c4c3OC(F)F)cc21. The van der Waals surface area contributed by atoms with Gasteiger partial charge in [0.05, 0.1) is 16.9 Å². The minimum absolute atomic E-state index is 0.00254. The van der Waals surface area contributed by atoms with Crippen molar-refractivity contribution < 1.29 is 28.2 Å². The number of halogens is 2. The number of aromatic carboxylic acids is 1. The summed E-state index contributed by atoms with van der Waals surface area (Å²) in [5, 5.41) is 15.7. The number of rotatable bonds is 8. The summed E-state index contributed by atoms with van der Waals surface area (Å²) in [6.07, 6.45) is 4.46. The molecule has 3 heterocycles. The van der Waals surface area contributed by atoms with Crippen LogP contribution in [-0.2, 0) is 11.3 Å². The summed E-state index contributed by atoms with van der Waals surface area (Å²) < 4.78 is 35.8. The molecule has 2 atom stereocenters. The van der Waals surface area contributed by atoms with Crippen molar-refractivity contribution in [3.8, 4) is 16.9 Å². The van der Waals surface area contributed by atoms with Crippen molar-refractivity contribution in [1.29, 1.82) is 0 Å². The number of Topliss-reactive ketones (excluding diaryl/α,β-unsaturated/α-hetero) is 1. The lowest BCUT2D eigenvalue weighted by atomic mass is 9.99. The van der Waals surface area contributed by atoms with E-state index in [1.807, 2.05) is 4.57 Å². The van der Waals surface area contributed by atoms with E-state index in [-0.39, 0.29) is 34.5 Å². The third-order valence-corrected chi connectivity index (χ3v) is 6.91. The van der Waals surface area contributed by atoms with E-state index >= 15 is 0 Å². The Kier molecular flexibility index (Phi) is 6.13. The third kappa shape index (κ3) is 4.07. The number of alkyl halides is 2. The van der Waals surface area contributed by atoms with Crippen molar-refractivity contribution in [2.75, 3.05) is 13.6 Å². The Hall–Kier alpha value is -3.57. The van der Waals surface area contributed by atoms with E-state index in [1.165, 1.54) is 18.3 Å². The predicted octanol–water partition coefficient (Wildman–Crippen LogP) is 2.93. The van der Waals surface area contributed by atoms with Gasteiger partial charge in [-0.1, -0.05) is 0 Å². The zero-order chi connectivity index (χ0) is 25.7. The average Bonchev–Trinajstić information content (AvgIpc) is 3.60. The highest BCUT2D eigenvalue weighted by Crippen LogP contribution is 2.44. The maximum atomic E-state index is 13.7. The van der Waals surface area contributed by atoms with Crippen LogP contribution in [0.5, 0.6) is 5.75 Å². The molecule has 0 spiro atoms. The molecule has 1 fully saturated rings. The number of benzene rings is 1. The van der Waals surface area contributed by atoms with Crippen molar-refractivity contribution in [1.82, 2.24) is 19.8 Å². The van der Waals surface area contributed by atoms with Gasteiger partial charge in [-0.25, -0.2) is 4.79 Å². The number of fused-ring (bicyclic) bond motifs is 2. The summed E-state index contributed by atoms with van der Waals surface area (Å²) in [7, 11) is 1.70. The van der Waals surface area contributed by atoms with Crippen LogP contribution in [0, 0.1) is 0 Å². The van der Waals surface area contributed by atoms with Gasteiger partial charge in [0.1, 0.15) is 11.6 Å². The zero-order valence-corrected chi connectivity index (χ0v) is 19.8. The van der Waals surface area contributed by atoms with E-state index in [9.17, 15) is 28.3 Å². The van der Waals surface area contributed by atoms with Crippen LogP contribution >= 0.6 is 0 Å². The van der Waals surface area contributed by atoms with Crippen LogP contribution in [-0.4, -0.2) is 52.2 Å². The largest absolute Gasteiger partial charge is 0.477 e. The van der Waals surface area contributed by atoms with Gasteiger partial charge < -0.3 is 29.6 Å². The van der Waals surface area contributed by atoms with Gasteiger partial charge in [-0.3, -0.25) is 9.59 Å². The number of carbonyl (C=O) groups excluding carboxylic acids is 1. The minimum Gasteiger partial charge on any atom is -0.477 e. The zero-order valence-electron chi connectivity index (χ0n) is 19.8. The number of hydrogen-bond acceptors (Lipinski definition) is 6. The maximum Gasteiger partial charge on any atom is 0.387 e. The van der Waals surface area contributed by atoms with Crippen LogP contribution in [0.25, 0.3) is 22.0 Å². The molecule has 0 amide bonds. The first kappa shape index (κ1) is 24.1. The number of nitrogens with one attached hydrogen (secondary N) is 2. The molecule has 2 aliphatic rings. The molecule has 36 heavy (non-hydrogen) atoms. The van der Waals surface area contributed by atoms with Crippen LogP contribution in [0.2, 0.25) is 0 Å². The second kappa shape index (κ2) is 9.14. The Balaban J connectivity index is 1.72. The van der Waals surface area contributed by atoms with Gasteiger partial charge >= 0.3 is 12.6 Å². The monoisotopic (exact) mass is 500 g/mol. The molecule has 3 N–H and O–H groups in total. The molecule has 2 aromatic heterocycles. The van der Waals surface area contributed by atoms with Gasteiger partial charge in [0, 0.05) is 48.3 Å². The van der Waals surface area contributed by atoms with E-state index in [0.717, 1.165) is 12.8 Å². The van der Waals surface area contributed by atoms with E-state index < -0.39 is 29.6 Å². The van der Waals surface area contributed by atoms with Crippen molar-refractivity contribution in [3.63, 3.8) is 0 Å². The molecule has 2 unspecified atom stereocenters. The Labute approximate surface area is 204 Å². The van der Waals surface area contributed by atoms with Crippen molar-refractivity contribution in [2.45, 2.75) is 51.0 Å². The summed E-state index contributed by atoms with van der Waals surface area (Å²) in [5.41, 5.74) is 0.548. The van der Waals surface area contributed by atoms with Crippen LogP contribution in [0.4, 0.5) is 8.78 Å². The Morgan fingerprint density at radius 1 is 1.25 bits per heavy atom. The normalized spacial score (nSPS) is 18.3. The fourth-order valence-corrected chi connectivity index (χ4v) is 4.83. The van der Waals surface area contributed by atoms with Gasteiger partial charge in [-0.05, 0) is 45.0 Å². The van der Waals surface area contributed by atoms with Crippen LogP contribution in [0.15, 0.2) is 35.4 Å². The van der Waals surface area contributed by atoms with Crippen LogP contribution < -0.4 is 20.8 Å². The summed E-state index contributed by atoms with van der Waals surface area (Å²) >= 11 is 0. The lowest BCUT2D eigenvalue weighted by molar-refractivity contribution is -0.123. The highest BCUT2D eigenvalue weighted by atomic mass is 19.3. The van der Waals surface area contributed by atoms with E-state index in [4.69, 9.17) is 4.74 Å². The third-order valence-electron chi connectivity index (χ3n) is 6.91. The topological polar surface area (TPSA) is 115 Å². The number of ketones is 1. The second-order valence-electron chi connectivity index (χ2n) is 9.18. The number of likely N-dealkylation sites (N-methyl/N-ethyl adjacent to an activating group) is 1. The molecule has 190 valence electrons. The summed E-state index contributed by atoms with van der Waals surface area (Å²) in [6, 6.07) is 3.64. The summed E-state index contributed by atoms with van der Waals surface area (Å²) in [6.45, 7) is -0.250. The van der Waals surface area contributed by atoms with E-state index in [2.05, 4.69) is 10.6 Å². The molecule has 3 aromatic rings. The predicted molar refractivity (Wildman–Crippen MR) is 128 cm³/mol. The Morgan fingerprint density at radius 3 is 2.64 bits per heavy atom. The lowest BCUT2D eigenvalue weighted by Crippen LogP contribution is -2.44. The molecule has 5 rings (SSSR count). The number of ether oxygens (including phenoxy) is 1. The van der Waals surface area contributed by atoms with Crippen molar-refractivity contribution in [3.05, 3.63) is 52.1 Å². The number of carboxylic acids is 1. The molecular weight excluding hydrogens is 474 g/mol. The smallest absolute Gasteiger partial charge is 0.387 e. The number of pyridine rings is 1. The number of aromatic nitrogens is 2. The van der Waals surface area contributed by atoms with E-state index in [0.29, 0.717) is 29.9 Å². The minimum atomic E-state index is -3.17. The first-order valence-electron chi connectivity index (χ1n) is 11.8. The van der Waals surface area contributed by atoms with Crippen LogP contribution in [0.3, 0.4) is 0 Å². The molecule has 9 nitrogen and oxygen atoms in total. The fourth-order valence-electron chi connectivity index (χ4n) is 4.83. The molecule has 1 aliphatic carbocycles. The summed E-state index contributed by atoms with van der Waals surface area (Å²) in [5.74, 6) is -1.61. The highest BCUT2D eigenvalue weighted by Gasteiger charge is 2.32. The standard InChI is InChI=1S/C25H26F2N4O5/c1-12(28-2)21(32)19-18-9-13(10-30(18)8-7-29-19)15-5-6-16-20(23(15)36-25(26)27)31(14-3-4-14)11-17(22(16)33)24(34)35/h5-6,9-12,14,19,25,28-29H,3-4,7-8H2,1-2H3,(H,34,35). The summed E-state index contributed by atoms with van der Waals surface area (Å²) in [4.78, 5) is 37.5. The molecule has 11 heteroatoms. The number of carbonyl (C=O) groups is 2. The van der Waals surface area contributed by atoms with Crippen LogP contribution in [0.1, 0.15) is 47.9 Å². The molecule has 1 saturated carbocycles. The molecule has 0 saturated heterocycles. The molecule has 1 aliphatic heterocycles. The highest BCUT2D eigenvalue weighted by molar-refractivity contribution is 5.98. The van der Waals surface area contributed by atoms with Gasteiger partial charge in [-0.15, -0.1) is 0 Å². The molecule has 0 radical (unpaired) electrons. The maximum absolute atomic E-state index is 13.7. The Morgan fingerprint density at radius 2 is 2.00 bits per heavy atom. The van der Waals surface area contributed by atoms with Gasteiger partial charge in [0.15, 0.2) is 11.5 Å². The van der Waals surface area contributed by atoms with Gasteiger partial charge in [-0.2, -0.15) is 8.78 Å². The molecular formula is C25H26F2N4O5. The van der Waals surface area contributed by atoms with E-state index in [1.54, 1.807) is 30.8 Å². The fraction of sp³-hybridized carbons (Fsp3) is 0.400. The average molecular weight is 501 g/mol. The number of hydrogen-bond donors (Lipinski definition) is 3. The molecule has 0 bridgehead atoms. The Bertz CT molecular complexity index is 1430. The second-order valence-corrected chi connectivity index (χ2v) is 9.18. The van der Waals surface area contributed by atoms with Crippen molar-refractivity contribution in [2.24, 2.45) is 0 Å².